The first-order chi connectivity index (χ1) is 11.5. The third-order valence-corrected chi connectivity index (χ3v) is 4.68. The maximum atomic E-state index is 12.1. The van der Waals surface area contributed by atoms with E-state index in [0.717, 1.165) is 11.1 Å². The number of carbonyl (C=O) groups is 1. The van der Waals surface area contributed by atoms with Crippen molar-refractivity contribution in [3.05, 3.63) is 58.1 Å². The van der Waals surface area contributed by atoms with Gasteiger partial charge in [-0.1, -0.05) is 47.1 Å². The van der Waals surface area contributed by atoms with Crippen LogP contribution in [-0.2, 0) is 4.79 Å². The van der Waals surface area contributed by atoms with Gasteiger partial charge in [-0.15, -0.1) is 0 Å². The van der Waals surface area contributed by atoms with E-state index in [0.29, 0.717) is 20.9 Å². The Balaban J connectivity index is 1.58. The minimum absolute atomic E-state index is 0.104. The molecule has 1 N–H and O–H groups in total. The molecule has 1 aromatic heterocycles. The summed E-state index contributed by atoms with van der Waals surface area (Å²) in [4.78, 5) is 16.4. The molecule has 0 saturated heterocycles. The van der Waals surface area contributed by atoms with Gasteiger partial charge in [0.25, 0.3) is 5.22 Å². The maximum Gasteiger partial charge on any atom is 0.257 e. The number of rotatable bonds is 5. The molecule has 3 aromatic rings. The first kappa shape index (κ1) is 17.1. The van der Waals surface area contributed by atoms with E-state index in [1.165, 1.54) is 11.8 Å². The molecule has 2 aromatic carbocycles. The van der Waals surface area contributed by atoms with Crippen LogP contribution in [-0.4, -0.2) is 16.6 Å². The molecule has 1 amide bonds. The predicted molar refractivity (Wildman–Crippen MR) is 97.8 cm³/mol. The van der Waals surface area contributed by atoms with E-state index in [1.54, 1.807) is 24.3 Å². The molecule has 0 aliphatic carbocycles. The van der Waals surface area contributed by atoms with Gasteiger partial charge in [0, 0.05) is 16.1 Å². The van der Waals surface area contributed by atoms with Crippen molar-refractivity contribution in [2.24, 2.45) is 0 Å². The van der Waals surface area contributed by atoms with Gasteiger partial charge in [-0.05, 0) is 36.8 Å². The molecule has 3 rings (SSSR count). The SMILES string of the molecule is C[C@@H](NC(=O)CSc1nc2ccc(Cl)cc2o1)c1cccc(Cl)c1. The lowest BCUT2D eigenvalue weighted by Gasteiger charge is -2.14. The van der Waals surface area contributed by atoms with Gasteiger partial charge in [0.05, 0.1) is 11.8 Å². The van der Waals surface area contributed by atoms with Crippen molar-refractivity contribution in [3.8, 4) is 0 Å². The number of fused-ring (bicyclic) bond motifs is 1. The molecular formula is C17H14Cl2N2O2S. The molecule has 4 nitrogen and oxygen atoms in total. The number of aromatic nitrogens is 1. The average Bonchev–Trinajstić information content (AvgIpc) is 2.95. The molecule has 0 saturated carbocycles. The van der Waals surface area contributed by atoms with E-state index in [1.807, 2.05) is 25.1 Å². The highest BCUT2D eigenvalue weighted by Crippen LogP contribution is 2.25. The lowest BCUT2D eigenvalue weighted by atomic mass is 10.1. The summed E-state index contributed by atoms with van der Waals surface area (Å²) in [5.74, 6) is 0.110. The van der Waals surface area contributed by atoms with Crippen molar-refractivity contribution in [3.63, 3.8) is 0 Å². The Morgan fingerprint density at radius 2 is 2.04 bits per heavy atom. The molecule has 1 heterocycles. The molecular weight excluding hydrogens is 367 g/mol. The number of carbonyl (C=O) groups excluding carboxylic acids is 1. The Morgan fingerprint density at radius 1 is 1.25 bits per heavy atom. The number of oxazole rings is 1. The van der Waals surface area contributed by atoms with Gasteiger partial charge >= 0.3 is 0 Å². The summed E-state index contributed by atoms with van der Waals surface area (Å²) in [7, 11) is 0. The molecule has 0 unspecified atom stereocenters. The maximum absolute atomic E-state index is 12.1. The van der Waals surface area contributed by atoms with E-state index >= 15 is 0 Å². The van der Waals surface area contributed by atoms with E-state index in [9.17, 15) is 4.79 Å². The van der Waals surface area contributed by atoms with Gasteiger partial charge < -0.3 is 9.73 Å². The van der Waals surface area contributed by atoms with Crippen molar-refractivity contribution in [1.82, 2.24) is 10.3 Å². The highest BCUT2D eigenvalue weighted by atomic mass is 35.5. The van der Waals surface area contributed by atoms with Gasteiger partial charge in [-0.2, -0.15) is 0 Å². The zero-order chi connectivity index (χ0) is 17.1. The van der Waals surface area contributed by atoms with Crippen LogP contribution in [0.1, 0.15) is 18.5 Å². The predicted octanol–water partition coefficient (Wildman–Crippen LogP) is 5.10. The Hall–Kier alpha value is -1.69. The van der Waals surface area contributed by atoms with E-state index in [2.05, 4.69) is 10.3 Å². The second kappa shape index (κ2) is 7.47. The Morgan fingerprint density at radius 3 is 2.83 bits per heavy atom. The lowest BCUT2D eigenvalue weighted by Crippen LogP contribution is -2.28. The number of halogens is 2. The zero-order valence-electron chi connectivity index (χ0n) is 12.8. The summed E-state index contributed by atoms with van der Waals surface area (Å²) in [5.41, 5.74) is 2.28. The lowest BCUT2D eigenvalue weighted by molar-refractivity contribution is -0.119. The highest BCUT2D eigenvalue weighted by Gasteiger charge is 2.13. The fourth-order valence-corrected chi connectivity index (χ4v) is 3.22. The summed E-state index contributed by atoms with van der Waals surface area (Å²) in [6.07, 6.45) is 0. The fourth-order valence-electron chi connectivity index (χ4n) is 2.21. The van der Waals surface area contributed by atoms with Crippen LogP contribution in [0.2, 0.25) is 10.0 Å². The normalized spacial score (nSPS) is 12.3. The molecule has 0 bridgehead atoms. The average molecular weight is 381 g/mol. The molecule has 124 valence electrons. The van der Waals surface area contributed by atoms with E-state index in [4.69, 9.17) is 27.6 Å². The third-order valence-electron chi connectivity index (χ3n) is 3.38. The standard InChI is InChI=1S/C17H14Cl2N2O2S/c1-10(11-3-2-4-12(18)7-11)20-16(22)9-24-17-21-14-6-5-13(19)8-15(14)23-17/h2-8,10H,9H2,1H3,(H,20,22)/t10-/m1/s1. The molecule has 1 atom stereocenters. The molecule has 0 spiro atoms. The van der Waals surface area contributed by atoms with Crippen molar-refractivity contribution in [1.29, 1.82) is 0 Å². The topological polar surface area (TPSA) is 55.1 Å². The highest BCUT2D eigenvalue weighted by molar-refractivity contribution is 7.99. The van der Waals surface area contributed by atoms with Crippen LogP contribution < -0.4 is 5.32 Å². The number of hydrogen-bond acceptors (Lipinski definition) is 4. The van der Waals surface area contributed by atoms with Crippen molar-refractivity contribution < 1.29 is 9.21 Å². The molecule has 0 fully saturated rings. The Kier molecular flexibility index (Phi) is 5.33. The van der Waals surface area contributed by atoms with Crippen molar-refractivity contribution in [2.75, 3.05) is 5.75 Å². The van der Waals surface area contributed by atoms with Gasteiger partial charge in [-0.25, -0.2) is 4.98 Å². The van der Waals surface area contributed by atoms with Crippen molar-refractivity contribution >= 4 is 52.0 Å². The summed E-state index contributed by atoms with van der Waals surface area (Å²) < 4.78 is 5.57. The van der Waals surface area contributed by atoms with Crippen LogP contribution in [0, 0.1) is 0 Å². The summed E-state index contributed by atoms with van der Waals surface area (Å²) in [5, 5.41) is 4.60. The van der Waals surface area contributed by atoms with E-state index < -0.39 is 0 Å². The van der Waals surface area contributed by atoms with Crippen LogP contribution in [0.5, 0.6) is 0 Å². The second-order valence-corrected chi connectivity index (χ2v) is 7.02. The summed E-state index contributed by atoms with van der Waals surface area (Å²) in [6.45, 7) is 1.91. The first-order valence-corrected chi connectivity index (χ1v) is 8.99. The number of thioether (sulfide) groups is 1. The first-order valence-electron chi connectivity index (χ1n) is 7.25. The fraction of sp³-hybridized carbons (Fsp3) is 0.176. The largest absolute Gasteiger partial charge is 0.431 e. The minimum atomic E-state index is -0.126. The van der Waals surface area contributed by atoms with Crippen molar-refractivity contribution in [2.45, 2.75) is 18.2 Å². The van der Waals surface area contributed by atoms with Gasteiger partial charge in [0.1, 0.15) is 5.52 Å². The van der Waals surface area contributed by atoms with Crippen LogP contribution in [0.15, 0.2) is 52.1 Å². The molecule has 0 radical (unpaired) electrons. The molecule has 0 aliphatic heterocycles. The van der Waals surface area contributed by atoms with E-state index in [-0.39, 0.29) is 17.7 Å². The number of amides is 1. The van der Waals surface area contributed by atoms with Crippen LogP contribution in [0.4, 0.5) is 0 Å². The monoisotopic (exact) mass is 380 g/mol. The molecule has 0 aliphatic rings. The van der Waals surface area contributed by atoms with Crippen LogP contribution >= 0.6 is 35.0 Å². The Labute approximate surface area is 153 Å². The summed E-state index contributed by atoms with van der Waals surface area (Å²) >= 11 is 13.1. The van der Waals surface area contributed by atoms with Crippen LogP contribution in [0.3, 0.4) is 0 Å². The number of benzene rings is 2. The summed E-state index contributed by atoms with van der Waals surface area (Å²) in [6, 6.07) is 12.5. The Bertz CT molecular complexity index is 882. The van der Waals surface area contributed by atoms with Gasteiger partial charge in [0.15, 0.2) is 5.58 Å². The van der Waals surface area contributed by atoms with Gasteiger partial charge in [-0.3, -0.25) is 4.79 Å². The third kappa shape index (κ3) is 4.23. The van der Waals surface area contributed by atoms with Crippen LogP contribution in [0.25, 0.3) is 11.1 Å². The number of hydrogen-bond donors (Lipinski definition) is 1. The number of nitrogens with one attached hydrogen (secondary N) is 1. The van der Waals surface area contributed by atoms with Gasteiger partial charge in [0.2, 0.25) is 5.91 Å². The smallest absolute Gasteiger partial charge is 0.257 e. The zero-order valence-corrected chi connectivity index (χ0v) is 15.1. The molecule has 7 heteroatoms. The quantitative estimate of drug-likeness (QED) is 0.625. The minimum Gasteiger partial charge on any atom is -0.431 e. The number of nitrogens with zero attached hydrogens (tertiary/aromatic N) is 1. The molecule has 24 heavy (non-hydrogen) atoms. The second-order valence-electron chi connectivity index (χ2n) is 5.22.